The van der Waals surface area contributed by atoms with Gasteiger partial charge in [0, 0.05) is 10.9 Å². The molecule has 4 heteroatoms. The lowest BCUT2D eigenvalue weighted by atomic mass is 10.1. The highest BCUT2D eigenvalue weighted by atomic mass is 32.2. The van der Waals surface area contributed by atoms with Crippen molar-refractivity contribution in [2.75, 3.05) is 0 Å². The minimum atomic E-state index is -1.11. The van der Waals surface area contributed by atoms with Crippen LogP contribution in [0.4, 0.5) is 0 Å². The highest BCUT2D eigenvalue weighted by molar-refractivity contribution is 7.84. The number of aryl methyl sites for hydroxylation is 1. The van der Waals surface area contributed by atoms with Crippen molar-refractivity contribution in [2.45, 2.75) is 51.8 Å². The highest BCUT2D eigenvalue weighted by Crippen LogP contribution is 2.31. The fourth-order valence-corrected chi connectivity index (χ4v) is 3.00. The fraction of sp³-hybridized carbons (Fsp3) is 0.500. The predicted molar refractivity (Wildman–Crippen MR) is 85.0 cm³/mol. The topological polar surface area (TPSA) is 42.2 Å². The SMILES string of the molecule is CCc1c(C(C)N[S@](=O)C(C)(C)C)oc2ccccc12. The van der Waals surface area contributed by atoms with Crippen molar-refractivity contribution in [3.8, 4) is 0 Å². The van der Waals surface area contributed by atoms with E-state index in [2.05, 4.69) is 17.7 Å². The lowest BCUT2D eigenvalue weighted by Gasteiger charge is -2.21. The third-order valence-electron chi connectivity index (χ3n) is 3.32. The highest BCUT2D eigenvalue weighted by Gasteiger charge is 2.25. The summed E-state index contributed by atoms with van der Waals surface area (Å²) < 4.78 is 21.1. The van der Waals surface area contributed by atoms with Gasteiger partial charge >= 0.3 is 0 Å². The second-order valence-corrected chi connectivity index (χ2v) is 8.01. The Morgan fingerprint density at radius 2 is 1.95 bits per heavy atom. The second kappa shape index (κ2) is 5.70. The molecular weight excluding hydrogens is 270 g/mol. The summed E-state index contributed by atoms with van der Waals surface area (Å²) in [5.74, 6) is 0.895. The molecule has 1 heterocycles. The molecule has 0 saturated heterocycles. The first-order valence-corrected chi connectivity index (χ1v) is 8.18. The van der Waals surface area contributed by atoms with E-state index in [1.54, 1.807) is 0 Å². The minimum Gasteiger partial charge on any atom is -0.459 e. The maximum absolute atomic E-state index is 12.2. The molecule has 0 aliphatic heterocycles. The van der Waals surface area contributed by atoms with E-state index in [1.807, 2.05) is 45.9 Å². The lowest BCUT2D eigenvalue weighted by Crippen LogP contribution is -2.34. The van der Waals surface area contributed by atoms with Gasteiger partial charge in [0.05, 0.1) is 21.8 Å². The molecular formula is C16H23NO2S. The van der Waals surface area contributed by atoms with Gasteiger partial charge in [0.25, 0.3) is 0 Å². The summed E-state index contributed by atoms with van der Waals surface area (Å²) >= 11 is 0. The normalized spacial score (nSPS) is 15.4. The number of fused-ring (bicyclic) bond motifs is 1. The van der Waals surface area contributed by atoms with Crippen molar-refractivity contribution in [2.24, 2.45) is 0 Å². The molecule has 1 aromatic carbocycles. The quantitative estimate of drug-likeness (QED) is 0.922. The molecule has 0 aliphatic rings. The van der Waals surface area contributed by atoms with Gasteiger partial charge in [0.15, 0.2) is 0 Å². The smallest absolute Gasteiger partial charge is 0.134 e. The maximum atomic E-state index is 12.2. The molecule has 0 fully saturated rings. The van der Waals surface area contributed by atoms with E-state index >= 15 is 0 Å². The summed E-state index contributed by atoms with van der Waals surface area (Å²) in [4.78, 5) is 0. The molecule has 2 atom stereocenters. The van der Waals surface area contributed by atoms with Crippen molar-refractivity contribution in [1.82, 2.24) is 4.72 Å². The summed E-state index contributed by atoms with van der Waals surface area (Å²) in [7, 11) is -1.11. The Balaban J connectivity index is 2.35. The molecule has 20 heavy (non-hydrogen) atoms. The average molecular weight is 293 g/mol. The van der Waals surface area contributed by atoms with Crippen LogP contribution in [0.2, 0.25) is 0 Å². The summed E-state index contributed by atoms with van der Waals surface area (Å²) in [6.07, 6.45) is 0.903. The number of hydrogen-bond donors (Lipinski definition) is 1. The summed E-state index contributed by atoms with van der Waals surface area (Å²) in [6.45, 7) is 10.0. The Bertz CT molecular complexity index is 625. The largest absolute Gasteiger partial charge is 0.459 e. The van der Waals surface area contributed by atoms with Crippen LogP contribution < -0.4 is 4.72 Å². The number of benzene rings is 1. The van der Waals surface area contributed by atoms with Crippen molar-refractivity contribution in [3.05, 3.63) is 35.6 Å². The van der Waals surface area contributed by atoms with Crippen LogP contribution in [0.25, 0.3) is 11.0 Å². The molecule has 0 saturated carbocycles. The molecule has 1 aromatic heterocycles. The van der Waals surface area contributed by atoms with E-state index < -0.39 is 11.0 Å². The number of furan rings is 1. The second-order valence-electron chi connectivity index (χ2n) is 6.02. The van der Waals surface area contributed by atoms with Gasteiger partial charge in [-0.2, -0.15) is 0 Å². The first kappa shape index (κ1) is 15.3. The maximum Gasteiger partial charge on any atom is 0.134 e. The minimum absolute atomic E-state index is 0.0718. The van der Waals surface area contributed by atoms with E-state index in [9.17, 15) is 4.21 Å². The zero-order chi connectivity index (χ0) is 14.9. The van der Waals surface area contributed by atoms with Crippen molar-refractivity contribution in [3.63, 3.8) is 0 Å². The Morgan fingerprint density at radius 3 is 2.55 bits per heavy atom. The number of hydrogen-bond acceptors (Lipinski definition) is 2. The first-order chi connectivity index (χ1) is 9.34. The number of para-hydroxylation sites is 1. The van der Waals surface area contributed by atoms with Crippen molar-refractivity contribution >= 4 is 22.0 Å². The Kier molecular flexibility index (Phi) is 4.35. The molecule has 0 bridgehead atoms. The fourth-order valence-electron chi connectivity index (χ4n) is 2.22. The van der Waals surface area contributed by atoms with E-state index in [-0.39, 0.29) is 10.8 Å². The molecule has 0 radical (unpaired) electrons. The van der Waals surface area contributed by atoms with Crippen LogP contribution in [-0.2, 0) is 17.4 Å². The molecule has 3 nitrogen and oxygen atoms in total. The number of nitrogens with one attached hydrogen (secondary N) is 1. The van der Waals surface area contributed by atoms with Gasteiger partial charge < -0.3 is 4.42 Å². The molecule has 0 aliphatic carbocycles. The van der Waals surface area contributed by atoms with Crippen LogP contribution in [0.3, 0.4) is 0 Å². The van der Waals surface area contributed by atoms with Gasteiger partial charge in [-0.25, -0.2) is 8.93 Å². The third-order valence-corrected chi connectivity index (χ3v) is 5.00. The Labute approximate surface area is 123 Å². The third kappa shape index (κ3) is 2.96. The van der Waals surface area contributed by atoms with Crippen LogP contribution in [0.1, 0.15) is 52.0 Å². The van der Waals surface area contributed by atoms with E-state index in [0.29, 0.717) is 0 Å². The van der Waals surface area contributed by atoms with E-state index in [0.717, 1.165) is 23.2 Å². The molecule has 2 rings (SSSR count). The van der Waals surface area contributed by atoms with Crippen LogP contribution in [0, 0.1) is 0 Å². The number of rotatable bonds is 4. The Hall–Kier alpha value is -1.13. The van der Waals surface area contributed by atoms with E-state index in [1.165, 1.54) is 5.56 Å². The van der Waals surface area contributed by atoms with E-state index in [4.69, 9.17) is 4.42 Å². The molecule has 0 amide bonds. The monoisotopic (exact) mass is 293 g/mol. The summed E-state index contributed by atoms with van der Waals surface area (Å²) in [5.41, 5.74) is 2.10. The van der Waals surface area contributed by atoms with Gasteiger partial charge in [-0.05, 0) is 40.2 Å². The molecule has 110 valence electrons. The average Bonchev–Trinajstić information content (AvgIpc) is 2.75. The van der Waals surface area contributed by atoms with Crippen LogP contribution in [-0.4, -0.2) is 8.96 Å². The summed E-state index contributed by atoms with van der Waals surface area (Å²) in [6, 6.07) is 7.98. The van der Waals surface area contributed by atoms with Gasteiger partial charge in [0.2, 0.25) is 0 Å². The molecule has 1 N–H and O–H groups in total. The lowest BCUT2D eigenvalue weighted by molar-refractivity contribution is 0.486. The van der Waals surface area contributed by atoms with Crippen molar-refractivity contribution in [1.29, 1.82) is 0 Å². The zero-order valence-electron chi connectivity index (χ0n) is 12.8. The van der Waals surface area contributed by atoms with Crippen LogP contribution in [0.5, 0.6) is 0 Å². The standard InChI is InChI=1S/C16H23NO2S/c1-6-12-13-9-7-8-10-14(13)19-15(12)11(2)17-20(18)16(3,4)5/h7-11,17H,6H2,1-5H3/t11?,20-/m1/s1. The van der Waals surface area contributed by atoms with Gasteiger partial charge in [-0.3, -0.25) is 0 Å². The van der Waals surface area contributed by atoms with Crippen LogP contribution in [0.15, 0.2) is 28.7 Å². The van der Waals surface area contributed by atoms with Gasteiger partial charge in [-0.1, -0.05) is 25.1 Å². The Morgan fingerprint density at radius 1 is 1.30 bits per heavy atom. The van der Waals surface area contributed by atoms with Crippen LogP contribution >= 0.6 is 0 Å². The first-order valence-electron chi connectivity index (χ1n) is 7.03. The molecule has 1 unspecified atom stereocenters. The predicted octanol–water partition coefficient (Wildman–Crippen LogP) is 4.11. The zero-order valence-corrected chi connectivity index (χ0v) is 13.6. The molecule has 2 aromatic rings. The summed E-state index contributed by atoms with van der Waals surface area (Å²) in [5, 5.41) is 1.15. The van der Waals surface area contributed by atoms with Crippen molar-refractivity contribution < 1.29 is 8.63 Å². The molecule has 0 spiro atoms. The van der Waals surface area contributed by atoms with Gasteiger partial charge in [0.1, 0.15) is 11.3 Å². The van der Waals surface area contributed by atoms with Gasteiger partial charge in [-0.15, -0.1) is 0 Å².